The fourth-order valence-corrected chi connectivity index (χ4v) is 2.48. The Kier molecular flexibility index (Phi) is 5.12. The number of fused-ring (bicyclic) bond motifs is 1. The lowest BCUT2D eigenvalue weighted by Gasteiger charge is -2.22. The van der Waals surface area contributed by atoms with Gasteiger partial charge in [0.15, 0.2) is 0 Å². The van der Waals surface area contributed by atoms with E-state index in [-0.39, 0.29) is 5.91 Å². The number of para-hydroxylation sites is 1. The normalized spacial score (nSPS) is 16.9. The number of anilines is 1. The van der Waals surface area contributed by atoms with Gasteiger partial charge in [-0.3, -0.25) is 4.79 Å². The highest BCUT2D eigenvalue weighted by Crippen LogP contribution is 2.27. The maximum atomic E-state index is 12.4. The van der Waals surface area contributed by atoms with E-state index in [0.29, 0.717) is 31.7 Å². The van der Waals surface area contributed by atoms with Crippen molar-refractivity contribution < 1.29 is 14.7 Å². The van der Waals surface area contributed by atoms with Crippen molar-refractivity contribution >= 4 is 17.3 Å². The van der Waals surface area contributed by atoms with Gasteiger partial charge in [0.1, 0.15) is 0 Å². The number of ether oxygens (including phenoxy) is 1. The minimum absolute atomic E-state index is 0.0914. The number of oxime groups is 1. The lowest BCUT2D eigenvalue weighted by molar-refractivity contribution is -0.118. The van der Waals surface area contributed by atoms with Crippen LogP contribution in [0, 0.1) is 0 Å². The molecule has 0 spiro atoms. The molecule has 1 aromatic rings. The first-order valence-corrected chi connectivity index (χ1v) is 6.87. The number of hydrogen-bond donors (Lipinski definition) is 1. The molecule has 0 saturated carbocycles. The topological polar surface area (TPSA) is 62.1 Å². The number of benzene rings is 1. The van der Waals surface area contributed by atoms with Gasteiger partial charge in [-0.05, 0) is 25.3 Å². The van der Waals surface area contributed by atoms with Crippen molar-refractivity contribution in [3.05, 3.63) is 29.8 Å². The predicted molar refractivity (Wildman–Crippen MR) is 77.5 cm³/mol. The van der Waals surface area contributed by atoms with E-state index in [1.54, 1.807) is 12.0 Å². The zero-order chi connectivity index (χ0) is 14.4. The van der Waals surface area contributed by atoms with Gasteiger partial charge >= 0.3 is 0 Å². The second-order valence-electron chi connectivity index (χ2n) is 4.81. The molecule has 1 heterocycles. The van der Waals surface area contributed by atoms with Crippen LogP contribution in [0.5, 0.6) is 0 Å². The average molecular weight is 276 g/mol. The molecular weight excluding hydrogens is 256 g/mol. The van der Waals surface area contributed by atoms with Gasteiger partial charge in [-0.15, -0.1) is 0 Å². The third-order valence-electron chi connectivity index (χ3n) is 3.46. The van der Waals surface area contributed by atoms with E-state index in [4.69, 9.17) is 9.94 Å². The fourth-order valence-electron chi connectivity index (χ4n) is 2.48. The molecule has 5 nitrogen and oxygen atoms in total. The van der Waals surface area contributed by atoms with Crippen LogP contribution in [-0.4, -0.2) is 37.1 Å². The smallest absolute Gasteiger partial charge is 0.227 e. The Balaban J connectivity index is 2.23. The van der Waals surface area contributed by atoms with Crippen LogP contribution >= 0.6 is 0 Å². The number of nitrogens with zero attached hydrogens (tertiary/aromatic N) is 2. The van der Waals surface area contributed by atoms with Gasteiger partial charge < -0.3 is 14.8 Å². The average Bonchev–Trinajstić information content (AvgIpc) is 2.66. The Bertz CT molecular complexity index is 500. The summed E-state index contributed by atoms with van der Waals surface area (Å²) in [6.45, 7) is 1.24. The van der Waals surface area contributed by atoms with Crippen molar-refractivity contribution in [3.63, 3.8) is 0 Å². The maximum Gasteiger partial charge on any atom is 0.227 e. The molecule has 0 atom stereocenters. The molecule has 1 amide bonds. The van der Waals surface area contributed by atoms with Gasteiger partial charge in [-0.25, -0.2) is 0 Å². The summed E-state index contributed by atoms with van der Waals surface area (Å²) in [4.78, 5) is 14.1. The van der Waals surface area contributed by atoms with Crippen molar-refractivity contribution in [3.8, 4) is 0 Å². The van der Waals surface area contributed by atoms with Crippen LogP contribution in [0.4, 0.5) is 5.69 Å². The quantitative estimate of drug-likeness (QED) is 0.522. The van der Waals surface area contributed by atoms with Crippen molar-refractivity contribution in [2.24, 2.45) is 5.16 Å². The number of carbonyl (C=O) groups excluding carboxylic acids is 1. The molecule has 1 N–H and O–H groups in total. The number of hydrogen-bond acceptors (Lipinski definition) is 4. The van der Waals surface area contributed by atoms with Crippen LogP contribution in [0.3, 0.4) is 0 Å². The Labute approximate surface area is 118 Å². The molecule has 1 aliphatic rings. The highest BCUT2D eigenvalue weighted by Gasteiger charge is 2.23. The van der Waals surface area contributed by atoms with E-state index in [2.05, 4.69) is 5.16 Å². The summed E-state index contributed by atoms with van der Waals surface area (Å²) in [5.74, 6) is 0.0914. The first-order chi connectivity index (χ1) is 9.77. The van der Waals surface area contributed by atoms with Crippen molar-refractivity contribution in [2.75, 3.05) is 25.2 Å². The summed E-state index contributed by atoms with van der Waals surface area (Å²) in [7, 11) is 1.63. The van der Waals surface area contributed by atoms with E-state index in [1.165, 1.54) is 0 Å². The minimum Gasteiger partial charge on any atom is -0.411 e. The molecule has 20 heavy (non-hydrogen) atoms. The van der Waals surface area contributed by atoms with Crippen LogP contribution < -0.4 is 4.90 Å². The third kappa shape index (κ3) is 3.17. The Morgan fingerprint density at radius 3 is 3.00 bits per heavy atom. The van der Waals surface area contributed by atoms with E-state index < -0.39 is 0 Å². The molecule has 5 heteroatoms. The summed E-state index contributed by atoms with van der Waals surface area (Å²) in [5.41, 5.74) is 2.32. The monoisotopic (exact) mass is 276 g/mol. The van der Waals surface area contributed by atoms with Crippen molar-refractivity contribution in [2.45, 2.75) is 25.7 Å². The molecular formula is C15H20N2O3. The molecule has 108 valence electrons. The van der Waals surface area contributed by atoms with Gasteiger partial charge in [-0.2, -0.15) is 0 Å². The zero-order valence-electron chi connectivity index (χ0n) is 11.7. The van der Waals surface area contributed by atoms with E-state index in [1.807, 2.05) is 24.3 Å². The minimum atomic E-state index is 0.0914. The second kappa shape index (κ2) is 7.05. The highest BCUT2D eigenvalue weighted by atomic mass is 16.5. The SMILES string of the molecule is COCCCC(=O)N1CCC/C(=N/O)c2ccccc21. The summed E-state index contributed by atoms with van der Waals surface area (Å²) in [5, 5.41) is 12.5. The Morgan fingerprint density at radius 2 is 2.25 bits per heavy atom. The van der Waals surface area contributed by atoms with Crippen molar-refractivity contribution in [1.82, 2.24) is 0 Å². The predicted octanol–water partition coefficient (Wildman–Crippen LogP) is 2.42. The molecule has 0 bridgehead atoms. The lowest BCUT2D eigenvalue weighted by Crippen LogP contribution is -2.31. The van der Waals surface area contributed by atoms with Gasteiger partial charge in [0.25, 0.3) is 0 Å². The summed E-state index contributed by atoms with van der Waals surface area (Å²) in [6, 6.07) is 7.59. The molecule has 0 radical (unpaired) electrons. The number of amides is 1. The molecule has 0 aromatic heterocycles. The first-order valence-electron chi connectivity index (χ1n) is 6.87. The van der Waals surface area contributed by atoms with E-state index in [9.17, 15) is 4.79 Å². The van der Waals surface area contributed by atoms with Gasteiger partial charge in [0.05, 0.1) is 11.4 Å². The highest BCUT2D eigenvalue weighted by molar-refractivity contribution is 6.09. The Morgan fingerprint density at radius 1 is 1.45 bits per heavy atom. The molecule has 0 unspecified atom stereocenters. The number of rotatable bonds is 4. The molecule has 0 fully saturated rings. The van der Waals surface area contributed by atoms with Crippen LogP contribution in [0.15, 0.2) is 29.4 Å². The second-order valence-corrected chi connectivity index (χ2v) is 4.81. The molecule has 1 aliphatic heterocycles. The number of carbonyl (C=O) groups is 1. The standard InChI is InChI=1S/C15H20N2O3/c1-20-11-5-9-15(18)17-10-4-7-13(16-19)12-6-2-3-8-14(12)17/h2-3,6,8,19H,4-5,7,9-11H2,1H3/b16-13-. The van der Waals surface area contributed by atoms with Crippen LogP contribution in [0.1, 0.15) is 31.2 Å². The molecule has 0 aliphatic carbocycles. The number of methoxy groups -OCH3 is 1. The van der Waals surface area contributed by atoms with Crippen molar-refractivity contribution in [1.29, 1.82) is 0 Å². The van der Waals surface area contributed by atoms with Crippen LogP contribution in [0.25, 0.3) is 0 Å². The molecule has 1 aromatic carbocycles. The third-order valence-corrected chi connectivity index (χ3v) is 3.46. The van der Waals surface area contributed by atoms with Gasteiger partial charge in [0, 0.05) is 32.2 Å². The summed E-state index contributed by atoms with van der Waals surface area (Å²) in [6.07, 6.45) is 2.65. The first kappa shape index (κ1) is 14.5. The van der Waals surface area contributed by atoms with E-state index >= 15 is 0 Å². The zero-order valence-corrected chi connectivity index (χ0v) is 11.7. The van der Waals surface area contributed by atoms with Crippen LogP contribution in [0.2, 0.25) is 0 Å². The van der Waals surface area contributed by atoms with Crippen LogP contribution in [-0.2, 0) is 9.53 Å². The fraction of sp³-hybridized carbons (Fsp3) is 0.467. The summed E-state index contributed by atoms with van der Waals surface area (Å²) < 4.78 is 4.99. The largest absolute Gasteiger partial charge is 0.411 e. The molecule has 0 saturated heterocycles. The maximum absolute atomic E-state index is 12.4. The summed E-state index contributed by atoms with van der Waals surface area (Å²) >= 11 is 0. The van der Waals surface area contributed by atoms with Gasteiger partial charge in [0.2, 0.25) is 5.91 Å². The Hall–Kier alpha value is -1.88. The lowest BCUT2D eigenvalue weighted by atomic mass is 10.1. The molecule has 2 rings (SSSR count). The van der Waals surface area contributed by atoms with Gasteiger partial charge in [-0.1, -0.05) is 23.4 Å². The van der Waals surface area contributed by atoms with E-state index in [0.717, 1.165) is 24.1 Å².